The predicted molar refractivity (Wildman–Crippen MR) is 86.4 cm³/mol. The number of aliphatic hydroxyl groups excluding tert-OH is 1. The fourth-order valence-corrected chi connectivity index (χ4v) is 3.64. The molecule has 0 spiro atoms. The van der Waals surface area contributed by atoms with Crippen LogP contribution in [-0.2, 0) is 0 Å². The van der Waals surface area contributed by atoms with Gasteiger partial charge in [0.05, 0.1) is 16.4 Å². The molecule has 1 aromatic rings. The van der Waals surface area contributed by atoms with Gasteiger partial charge in [-0.15, -0.1) is 11.3 Å². The van der Waals surface area contributed by atoms with Gasteiger partial charge in [0.1, 0.15) is 0 Å². The highest BCUT2D eigenvalue weighted by atomic mass is 32.1. The van der Waals surface area contributed by atoms with Crippen LogP contribution in [0.15, 0.2) is 12.1 Å². The molecule has 1 aromatic heterocycles. The number of hydrogen-bond donors (Lipinski definition) is 2. The van der Waals surface area contributed by atoms with Crippen LogP contribution in [0.1, 0.15) is 60.0 Å². The van der Waals surface area contributed by atoms with Crippen molar-refractivity contribution in [2.75, 3.05) is 6.61 Å². The zero-order valence-corrected chi connectivity index (χ0v) is 13.3. The summed E-state index contributed by atoms with van der Waals surface area (Å²) in [6, 6.07) is 4.04. The van der Waals surface area contributed by atoms with Crippen molar-refractivity contribution in [3.8, 4) is 11.8 Å². The molecule has 1 saturated carbocycles. The zero-order chi connectivity index (χ0) is 15.1. The summed E-state index contributed by atoms with van der Waals surface area (Å²) in [5.74, 6) is 6.50. The van der Waals surface area contributed by atoms with Gasteiger partial charge < -0.3 is 10.4 Å². The van der Waals surface area contributed by atoms with Crippen molar-refractivity contribution in [1.29, 1.82) is 0 Å². The van der Waals surface area contributed by atoms with Gasteiger partial charge in [0.25, 0.3) is 5.91 Å². The predicted octanol–water partition coefficient (Wildman–Crippen LogP) is 3.18. The smallest absolute Gasteiger partial charge is 0.261 e. The molecule has 1 heterocycles. The van der Waals surface area contributed by atoms with Crippen LogP contribution in [0.25, 0.3) is 0 Å². The molecule has 3 nitrogen and oxygen atoms in total. The number of amides is 1. The standard InChI is InChI=1S/C17H23NO2S/c1-2-13-7-3-4-9-15(13)18-17(20)16-11-10-14(21-16)8-5-6-12-19/h10-11,13,15,19H,2-4,6-7,9,12H2,1H3,(H,18,20). The summed E-state index contributed by atoms with van der Waals surface area (Å²) in [6.07, 6.45) is 6.42. The summed E-state index contributed by atoms with van der Waals surface area (Å²) in [5, 5.41) is 11.9. The topological polar surface area (TPSA) is 49.3 Å². The molecule has 0 bridgehead atoms. The second-order valence-electron chi connectivity index (χ2n) is 5.47. The monoisotopic (exact) mass is 305 g/mol. The molecule has 2 N–H and O–H groups in total. The molecule has 1 amide bonds. The molecule has 2 unspecified atom stereocenters. The minimum atomic E-state index is 0.0283. The first-order valence-electron chi connectivity index (χ1n) is 7.75. The molecule has 2 rings (SSSR count). The summed E-state index contributed by atoms with van der Waals surface area (Å²) >= 11 is 1.42. The minimum Gasteiger partial charge on any atom is -0.395 e. The molecular weight excluding hydrogens is 282 g/mol. The first-order chi connectivity index (χ1) is 10.2. The van der Waals surface area contributed by atoms with Gasteiger partial charge in [0.2, 0.25) is 0 Å². The Labute approximate surface area is 130 Å². The maximum absolute atomic E-state index is 12.3. The number of thiophene rings is 1. The van der Waals surface area contributed by atoms with Gasteiger partial charge in [-0.25, -0.2) is 0 Å². The Kier molecular flexibility index (Phi) is 6.28. The molecule has 0 saturated heterocycles. The Balaban J connectivity index is 1.95. The van der Waals surface area contributed by atoms with Gasteiger partial charge in [-0.2, -0.15) is 0 Å². The van der Waals surface area contributed by atoms with Crippen LogP contribution >= 0.6 is 11.3 Å². The van der Waals surface area contributed by atoms with Crippen LogP contribution in [0.4, 0.5) is 0 Å². The highest BCUT2D eigenvalue weighted by molar-refractivity contribution is 7.14. The highest BCUT2D eigenvalue weighted by Crippen LogP contribution is 2.27. The summed E-state index contributed by atoms with van der Waals surface area (Å²) in [4.78, 5) is 13.9. The lowest BCUT2D eigenvalue weighted by Gasteiger charge is -2.31. The Morgan fingerprint density at radius 3 is 3.00 bits per heavy atom. The molecule has 0 aromatic carbocycles. The maximum Gasteiger partial charge on any atom is 0.261 e. The molecule has 1 aliphatic carbocycles. The minimum absolute atomic E-state index is 0.0283. The van der Waals surface area contributed by atoms with Gasteiger partial charge in [-0.05, 0) is 30.9 Å². The molecule has 1 aliphatic rings. The summed E-state index contributed by atoms with van der Waals surface area (Å²) < 4.78 is 0. The van der Waals surface area contributed by atoms with Crippen molar-refractivity contribution >= 4 is 17.2 Å². The van der Waals surface area contributed by atoms with Crippen molar-refractivity contribution in [1.82, 2.24) is 5.32 Å². The van der Waals surface area contributed by atoms with E-state index in [9.17, 15) is 4.79 Å². The van der Waals surface area contributed by atoms with E-state index >= 15 is 0 Å². The van der Waals surface area contributed by atoms with E-state index in [4.69, 9.17) is 5.11 Å². The average molecular weight is 305 g/mol. The van der Waals surface area contributed by atoms with Gasteiger partial charge in [-0.3, -0.25) is 4.79 Å². The van der Waals surface area contributed by atoms with Crippen LogP contribution in [0.2, 0.25) is 0 Å². The molecule has 21 heavy (non-hydrogen) atoms. The average Bonchev–Trinajstić information content (AvgIpc) is 2.97. The fraction of sp³-hybridized carbons (Fsp3) is 0.588. The van der Waals surface area contributed by atoms with E-state index < -0.39 is 0 Å². The van der Waals surface area contributed by atoms with Crippen LogP contribution in [-0.4, -0.2) is 23.7 Å². The Morgan fingerprint density at radius 2 is 2.24 bits per heavy atom. The van der Waals surface area contributed by atoms with E-state index in [0.29, 0.717) is 18.4 Å². The van der Waals surface area contributed by atoms with E-state index in [1.54, 1.807) is 0 Å². The quantitative estimate of drug-likeness (QED) is 0.839. The summed E-state index contributed by atoms with van der Waals surface area (Å²) in [6.45, 7) is 2.28. The summed E-state index contributed by atoms with van der Waals surface area (Å²) in [7, 11) is 0. The molecule has 114 valence electrons. The Bertz CT molecular complexity index is 526. The van der Waals surface area contributed by atoms with E-state index in [2.05, 4.69) is 24.1 Å². The molecule has 0 radical (unpaired) electrons. The third-order valence-corrected chi connectivity index (χ3v) is 5.03. The molecular formula is C17H23NO2S. The number of carbonyl (C=O) groups excluding carboxylic acids is 1. The van der Waals surface area contributed by atoms with Gasteiger partial charge in [0.15, 0.2) is 0 Å². The van der Waals surface area contributed by atoms with Gasteiger partial charge in [-0.1, -0.05) is 38.0 Å². The van der Waals surface area contributed by atoms with Crippen molar-refractivity contribution in [2.24, 2.45) is 5.92 Å². The second-order valence-corrected chi connectivity index (χ2v) is 6.56. The zero-order valence-electron chi connectivity index (χ0n) is 12.5. The van der Waals surface area contributed by atoms with Gasteiger partial charge >= 0.3 is 0 Å². The number of nitrogens with one attached hydrogen (secondary N) is 1. The Morgan fingerprint density at radius 1 is 1.43 bits per heavy atom. The molecule has 4 heteroatoms. The third kappa shape index (κ3) is 4.59. The normalized spacial score (nSPS) is 21.4. The lowest BCUT2D eigenvalue weighted by molar-refractivity contribution is 0.0909. The summed E-state index contributed by atoms with van der Waals surface area (Å²) in [5.41, 5.74) is 0. The first kappa shape index (κ1) is 16.1. The first-order valence-corrected chi connectivity index (χ1v) is 8.56. The fourth-order valence-electron chi connectivity index (χ4n) is 2.86. The van der Waals surface area contributed by atoms with E-state index in [1.165, 1.54) is 30.6 Å². The number of rotatable bonds is 4. The van der Waals surface area contributed by atoms with Crippen LogP contribution in [0.5, 0.6) is 0 Å². The largest absolute Gasteiger partial charge is 0.395 e. The Hall–Kier alpha value is -1.31. The van der Waals surface area contributed by atoms with Crippen LogP contribution in [0.3, 0.4) is 0 Å². The molecule has 2 atom stereocenters. The maximum atomic E-state index is 12.3. The molecule has 1 fully saturated rings. The SMILES string of the molecule is CCC1CCCCC1NC(=O)c1ccc(C#CCCO)s1. The van der Waals surface area contributed by atoms with E-state index in [1.807, 2.05) is 12.1 Å². The van der Waals surface area contributed by atoms with Gasteiger partial charge in [0, 0.05) is 12.5 Å². The van der Waals surface area contributed by atoms with Crippen molar-refractivity contribution in [3.63, 3.8) is 0 Å². The van der Waals surface area contributed by atoms with E-state index in [0.717, 1.165) is 22.6 Å². The lowest BCUT2D eigenvalue weighted by atomic mass is 9.83. The number of aliphatic hydroxyl groups is 1. The second kappa shape index (κ2) is 8.21. The number of hydrogen-bond acceptors (Lipinski definition) is 3. The number of carbonyl (C=O) groups is 1. The van der Waals surface area contributed by atoms with Crippen molar-refractivity contribution in [3.05, 3.63) is 21.9 Å². The lowest BCUT2D eigenvalue weighted by Crippen LogP contribution is -2.41. The van der Waals surface area contributed by atoms with E-state index in [-0.39, 0.29) is 12.5 Å². The van der Waals surface area contributed by atoms with Crippen LogP contribution < -0.4 is 5.32 Å². The van der Waals surface area contributed by atoms with Crippen molar-refractivity contribution in [2.45, 2.75) is 51.5 Å². The third-order valence-electron chi connectivity index (χ3n) is 4.03. The molecule has 0 aliphatic heterocycles. The van der Waals surface area contributed by atoms with Crippen molar-refractivity contribution < 1.29 is 9.90 Å². The highest BCUT2D eigenvalue weighted by Gasteiger charge is 2.25. The van der Waals surface area contributed by atoms with Crippen LogP contribution in [0, 0.1) is 17.8 Å².